The van der Waals surface area contributed by atoms with Gasteiger partial charge in [-0.15, -0.1) is 12.4 Å². The van der Waals surface area contributed by atoms with Crippen LogP contribution in [0.5, 0.6) is 0 Å². The topological polar surface area (TPSA) is 32.3 Å². The van der Waals surface area contributed by atoms with Crippen molar-refractivity contribution in [2.45, 2.75) is 32.5 Å². The molecule has 0 aliphatic carbocycles. The summed E-state index contributed by atoms with van der Waals surface area (Å²) in [7, 11) is 0. The highest BCUT2D eigenvalue weighted by atomic mass is 35.5. The number of carbonyl (C=O) groups is 1. The number of hydrogen-bond donors (Lipinski definition) is 1. The Labute approximate surface area is 140 Å². The maximum Gasteiger partial charge on any atom is 0.416 e. The zero-order chi connectivity index (χ0) is 16.3. The van der Waals surface area contributed by atoms with Gasteiger partial charge >= 0.3 is 6.18 Å². The first-order valence-electron chi connectivity index (χ1n) is 7.45. The standard InChI is InChI=1S/C16H21F3N2O.ClH/c1-11(15(22)21-8-7-20-12(2)10-21)9-13-3-5-14(6-4-13)16(17,18)19;/h3-6,11-12,20H,7-10H2,1-2H3;1H. The van der Waals surface area contributed by atoms with Gasteiger partial charge in [0.1, 0.15) is 0 Å². The number of nitrogens with zero attached hydrogens (tertiary/aromatic N) is 1. The molecule has 0 saturated carbocycles. The number of nitrogens with one attached hydrogen (secondary N) is 1. The summed E-state index contributed by atoms with van der Waals surface area (Å²) in [6.45, 7) is 5.99. The van der Waals surface area contributed by atoms with Crippen LogP contribution in [0.3, 0.4) is 0 Å². The van der Waals surface area contributed by atoms with Crippen LogP contribution in [0.2, 0.25) is 0 Å². The van der Waals surface area contributed by atoms with Crippen molar-refractivity contribution in [3.8, 4) is 0 Å². The highest BCUT2D eigenvalue weighted by Crippen LogP contribution is 2.29. The Morgan fingerprint density at radius 3 is 2.48 bits per heavy atom. The Kier molecular flexibility index (Phi) is 6.89. The fraction of sp³-hybridized carbons (Fsp3) is 0.562. The zero-order valence-corrected chi connectivity index (χ0v) is 14.0. The van der Waals surface area contributed by atoms with Gasteiger partial charge in [0.2, 0.25) is 5.91 Å². The summed E-state index contributed by atoms with van der Waals surface area (Å²) in [6, 6.07) is 5.31. The van der Waals surface area contributed by atoms with Gasteiger partial charge in [0.15, 0.2) is 0 Å². The van der Waals surface area contributed by atoms with Crippen LogP contribution >= 0.6 is 12.4 Å². The maximum atomic E-state index is 12.5. The molecule has 1 aromatic carbocycles. The van der Waals surface area contributed by atoms with E-state index in [0.29, 0.717) is 19.5 Å². The van der Waals surface area contributed by atoms with Crippen LogP contribution < -0.4 is 5.32 Å². The maximum absolute atomic E-state index is 12.5. The minimum absolute atomic E-state index is 0. The van der Waals surface area contributed by atoms with Gasteiger partial charge in [-0.3, -0.25) is 4.79 Å². The van der Waals surface area contributed by atoms with Gasteiger partial charge in [0.25, 0.3) is 0 Å². The molecule has 1 saturated heterocycles. The summed E-state index contributed by atoms with van der Waals surface area (Å²) < 4.78 is 37.6. The second kappa shape index (κ2) is 8.02. The van der Waals surface area contributed by atoms with E-state index >= 15 is 0 Å². The number of halogens is 4. The molecule has 0 bridgehead atoms. The third-order valence-electron chi connectivity index (χ3n) is 3.93. The number of alkyl halides is 3. The highest BCUT2D eigenvalue weighted by molar-refractivity contribution is 5.85. The molecule has 1 aromatic rings. The molecule has 0 aromatic heterocycles. The Balaban J connectivity index is 0.00000264. The van der Waals surface area contributed by atoms with Gasteiger partial charge in [0, 0.05) is 31.6 Å². The third kappa shape index (κ3) is 5.39. The molecule has 1 heterocycles. The molecule has 7 heteroatoms. The Hall–Kier alpha value is -1.27. The van der Waals surface area contributed by atoms with Gasteiger partial charge in [-0.05, 0) is 31.0 Å². The van der Waals surface area contributed by atoms with Gasteiger partial charge in [-0.25, -0.2) is 0 Å². The minimum atomic E-state index is -4.32. The summed E-state index contributed by atoms with van der Waals surface area (Å²) in [6.07, 6.45) is -3.87. The molecule has 23 heavy (non-hydrogen) atoms. The van der Waals surface area contributed by atoms with Gasteiger partial charge in [-0.2, -0.15) is 13.2 Å². The zero-order valence-electron chi connectivity index (χ0n) is 13.2. The Morgan fingerprint density at radius 1 is 1.35 bits per heavy atom. The molecule has 1 amide bonds. The molecule has 2 rings (SSSR count). The second-order valence-corrected chi connectivity index (χ2v) is 5.94. The first-order chi connectivity index (χ1) is 10.3. The normalized spacial score (nSPS) is 19.9. The second-order valence-electron chi connectivity index (χ2n) is 5.94. The fourth-order valence-electron chi connectivity index (χ4n) is 2.71. The van der Waals surface area contributed by atoms with Crippen LogP contribution in [0.4, 0.5) is 13.2 Å². The van der Waals surface area contributed by atoms with Crippen LogP contribution in [0.1, 0.15) is 25.0 Å². The smallest absolute Gasteiger partial charge is 0.340 e. The van der Waals surface area contributed by atoms with E-state index in [1.807, 2.05) is 18.7 Å². The first kappa shape index (κ1) is 19.8. The van der Waals surface area contributed by atoms with E-state index in [1.54, 1.807) is 0 Å². The van der Waals surface area contributed by atoms with E-state index in [-0.39, 0.29) is 30.3 Å². The molecule has 1 aliphatic heterocycles. The molecular formula is C16H22ClF3N2O. The predicted molar refractivity (Wildman–Crippen MR) is 85.6 cm³/mol. The molecule has 1 fully saturated rings. The number of hydrogen-bond acceptors (Lipinski definition) is 2. The van der Waals surface area contributed by atoms with Crippen LogP contribution in [0.25, 0.3) is 0 Å². The van der Waals surface area contributed by atoms with E-state index in [4.69, 9.17) is 0 Å². The average molecular weight is 351 g/mol. The third-order valence-corrected chi connectivity index (χ3v) is 3.93. The molecule has 1 aliphatic rings. The minimum Gasteiger partial charge on any atom is -0.340 e. The average Bonchev–Trinajstić information content (AvgIpc) is 2.46. The lowest BCUT2D eigenvalue weighted by Crippen LogP contribution is -2.52. The Bertz CT molecular complexity index is 519. The molecule has 1 N–H and O–H groups in total. The summed E-state index contributed by atoms with van der Waals surface area (Å²) in [5, 5.41) is 3.28. The van der Waals surface area contributed by atoms with Gasteiger partial charge in [0.05, 0.1) is 5.56 Å². The van der Waals surface area contributed by atoms with Crippen molar-refractivity contribution >= 4 is 18.3 Å². The molecule has 130 valence electrons. The summed E-state index contributed by atoms with van der Waals surface area (Å²) in [4.78, 5) is 14.2. The van der Waals surface area contributed by atoms with Crippen molar-refractivity contribution in [2.75, 3.05) is 19.6 Å². The number of amides is 1. The monoisotopic (exact) mass is 350 g/mol. The molecule has 0 radical (unpaired) electrons. The van der Waals surface area contributed by atoms with E-state index in [1.165, 1.54) is 12.1 Å². The van der Waals surface area contributed by atoms with Crippen LogP contribution in [-0.2, 0) is 17.4 Å². The number of carbonyl (C=O) groups excluding carboxylic acids is 1. The SMILES string of the molecule is CC1CN(C(=O)C(C)Cc2ccc(C(F)(F)F)cc2)CCN1.Cl. The van der Waals surface area contributed by atoms with Crippen molar-refractivity contribution in [1.29, 1.82) is 0 Å². The van der Waals surface area contributed by atoms with Crippen molar-refractivity contribution in [2.24, 2.45) is 5.92 Å². The van der Waals surface area contributed by atoms with Crippen LogP contribution in [-0.4, -0.2) is 36.5 Å². The number of benzene rings is 1. The van der Waals surface area contributed by atoms with Crippen molar-refractivity contribution < 1.29 is 18.0 Å². The number of rotatable bonds is 3. The molecule has 2 unspecified atom stereocenters. The van der Waals surface area contributed by atoms with E-state index < -0.39 is 11.7 Å². The quantitative estimate of drug-likeness (QED) is 0.908. The lowest BCUT2D eigenvalue weighted by Gasteiger charge is -2.33. The summed E-state index contributed by atoms with van der Waals surface area (Å²) in [5.74, 6) is -0.171. The molecular weight excluding hydrogens is 329 g/mol. The van der Waals surface area contributed by atoms with E-state index in [0.717, 1.165) is 24.2 Å². The lowest BCUT2D eigenvalue weighted by atomic mass is 9.98. The molecule has 3 nitrogen and oxygen atoms in total. The lowest BCUT2D eigenvalue weighted by molar-refractivity contribution is -0.138. The van der Waals surface area contributed by atoms with Crippen LogP contribution in [0, 0.1) is 5.92 Å². The van der Waals surface area contributed by atoms with E-state index in [2.05, 4.69) is 5.32 Å². The highest BCUT2D eigenvalue weighted by Gasteiger charge is 2.30. The fourth-order valence-corrected chi connectivity index (χ4v) is 2.71. The van der Waals surface area contributed by atoms with Crippen molar-refractivity contribution in [1.82, 2.24) is 10.2 Å². The van der Waals surface area contributed by atoms with E-state index in [9.17, 15) is 18.0 Å². The van der Waals surface area contributed by atoms with Gasteiger partial charge in [-0.1, -0.05) is 19.1 Å². The van der Waals surface area contributed by atoms with Crippen LogP contribution in [0.15, 0.2) is 24.3 Å². The first-order valence-corrected chi connectivity index (χ1v) is 7.45. The van der Waals surface area contributed by atoms with Gasteiger partial charge < -0.3 is 10.2 Å². The summed E-state index contributed by atoms with van der Waals surface area (Å²) in [5.41, 5.74) is 0.0863. The van der Waals surface area contributed by atoms with Crippen molar-refractivity contribution in [3.05, 3.63) is 35.4 Å². The largest absolute Gasteiger partial charge is 0.416 e. The number of piperazine rings is 1. The molecule has 2 atom stereocenters. The summed E-state index contributed by atoms with van der Waals surface area (Å²) >= 11 is 0. The van der Waals surface area contributed by atoms with Crippen molar-refractivity contribution in [3.63, 3.8) is 0 Å². The Morgan fingerprint density at radius 2 is 1.96 bits per heavy atom. The molecule has 0 spiro atoms. The predicted octanol–water partition coefficient (Wildman–Crippen LogP) is 3.13.